The molecule has 0 bridgehead atoms. The fourth-order valence-corrected chi connectivity index (χ4v) is 7.65. The number of carbonyl (C=O) groups is 2. The number of hydrogen-bond acceptors (Lipinski definition) is 8. The van der Waals surface area contributed by atoms with Crippen molar-refractivity contribution < 1.29 is 37.0 Å². The van der Waals surface area contributed by atoms with Crippen molar-refractivity contribution in [3.05, 3.63) is 79.6 Å². The van der Waals surface area contributed by atoms with Crippen LogP contribution >= 0.6 is 39.0 Å². The molecule has 202 valence electrons. The number of nitro groups is 1. The molecule has 1 amide bonds. The largest absolute Gasteiger partial charge is 0.490 e. The van der Waals surface area contributed by atoms with Crippen LogP contribution in [0.15, 0.2) is 77.4 Å². The van der Waals surface area contributed by atoms with E-state index in [1.807, 2.05) is 0 Å². The third-order valence-corrected chi connectivity index (χ3v) is 9.58. The van der Waals surface area contributed by atoms with Crippen LogP contribution in [0.5, 0.6) is 0 Å². The number of aliphatic carboxylic acids is 1. The number of carboxylic acids is 1. The number of nitrogens with two attached hydrogens (primary N) is 1. The summed E-state index contributed by atoms with van der Waals surface area (Å²) in [6, 6.07) is 13.2. The molecule has 10 nitrogen and oxygen atoms in total. The second-order valence-electron chi connectivity index (χ2n) is 6.87. The summed E-state index contributed by atoms with van der Waals surface area (Å²) in [5, 5.41) is 25.9. The highest BCUT2D eigenvalue weighted by molar-refractivity contribution is 9.10. The highest BCUT2D eigenvalue weighted by Gasteiger charge is 2.38. The van der Waals surface area contributed by atoms with Crippen molar-refractivity contribution in [2.45, 2.75) is 20.2 Å². The van der Waals surface area contributed by atoms with Crippen LogP contribution in [-0.2, 0) is 14.5 Å². The summed E-state index contributed by atoms with van der Waals surface area (Å²) < 4.78 is 51.3. The van der Waals surface area contributed by atoms with Gasteiger partial charge in [0, 0.05) is 22.2 Å². The lowest BCUT2D eigenvalue weighted by Crippen LogP contribution is -2.21. The van der Waals surface area contributed by atoms with Gasteiger partial charge in [0.15, 0.2) is 0 Å². The van der Waals surface area contributed by atoms with Crippen molar-refractivity contribution in [3.8, 4) is 0 Å². The van der Waals surface area contributed by atoms with Gasteiger partial charge in [-0.2, -0.15) is 13.2 Å². The summed E-state index contributed by atoms with van der Waals surface area (Å²) in [4.78, 5) is 33.2. The molecular formula is C21H16BrF3N4O6S3. The number of nitrogen functional groups attached to an aromatic ring is 1. The van der Waals surface area contributed by atoms with Gasteiger partial charge >= 0.3 is 12.1 Å². The first-order valence-electron chi connectivity index (χ1n) is 9.74. The Bertz CT molecular complexity index is 1530. The van der Waals surface area contributed by atoms with E-state index >= 15 is 0 Å². The Hall–Kier alpha value is -3.28. The Morgan fingerprint density at radius 1 is 1.21 bits per heavy atom. The minimum absolute atomic E-state index is 0.0513. The summed E-state index contributed by atoms with van der Waals surface area (Å²) in [5.41, 5.74) is 5.30. The lowest BCUT2D eigenvalue weighted by atomic mass is 10.2. The number of benzene rings is 2. The van der Waals surface area contributed by atoms with E-state index in [9.17, 15) is 32.3 Å². The van der Waals surface area contributed by atoms with Gasteiger partial charge in [0.2, 0.25) is 0 Å². The van der Waals surface area contributed by atoms with Crippen molar-refractivity contribution in [2.75, 3.05) is 6.26 Å². The second kappa shape index (κ2) is 12.5. The summed E-state index contributed by atoms with van der Waals surface area (Å²) in [7, 11) is -3.49. The van der Waals surface area contributed by atoms with Gasteiger partial charge in [-0.3, -0.25) is 20.3 Å². The number of amidine groups is 1. The maximum atomic E-state index is 14.3. The fraction of sp³-hybridized carbons (Fsp3) is 0.0952. The van der Waals surface area contributed by atoms with Crippen molar-refractivity contribution in [2.24, 2.45) is 10.1 Å². The maximum Gasteiger partial charge on any atom is 0.490 e. The van der Waals surface area contributed by atoms with E-state index in [0.29, 0.717) is 13.6 Å². The first kappa shape index (κ1) is 30.9. The number of nitrogens with one attached hydrogen (secondary N) is 1. The molecule has 0 aliphatic carbocycles. The zero-order valence-corrected chi connectivity index (χ0v) is 22.9. The number of amides is 1. The zero-order chi connectivity index (χ0) is 28.8. The monoisotopic (exact) mass is 652 g/mol. The zero-order valence-electron chi connectivity index (χ0n) is 18.9. The fourth-order valence-electron chi connectivity index (χ4n) is 2.62. The van der Waals surface area contributed by atoms with Crippen LogP contribution < -0.4 is 5.73 Å². The van der Waals surface area contributed by atoms with Gasteiger partial charge in [-0.25, -0.2) is 9.00 Å². The Labute approximate surface area is 230 Å². The first-order valence-corrected chi connectivity index (χ1v) is 14.1. The van der Waals surface area contributed by atoms with Crippen LogP contribution in [0.25, 0.3) is 0 Å². The van der Waals surface area contributed by atoms with Crippen LogP contribution in [0, 0.1) is 15.5 Å². The summed E-state index contributed by atoms with van der Waals surface area (Å²) in [6.45, 7) is 0. The Kier molecular flexibility index (Phi) is 10.2. The van der Waals surface area contributed by atoms with E-state index in [4.69, 9.17) is 21.0 Å². The summed E-state index contributed by atoms with van der Waals surface area (Å²) >= 11 is 5.83. The Morgan fingerprint density at radius 2 is 1.82 bits per heavy atom. The predicted molar refractivity (Wildman–Crippen MR) is 139 cm³/mol. The number of alkyl halides is 3. The smallest absolute Gasteiger partial charge is 0.475 e. The normalized spacial score (nSPS) is 12.4. The van der Waals surface area contributed by atoms with E-state index in [0.717, 1.165) is 6.07 Å². The highest BCUT2D eigenvalue weighted by Crippen LogP contribution is 2.39. The molecule has 0 saturated carbocycles. The van der Waals surface area contributed by atoms with E-state index in [2.05, 4.69) is 20.3 Å². The summed E-state index contributed by atoms with van der Waals surface area (Å²) in [6.07, 6.45) is -3.30. The molecule has 0 spiro atoms. The van der Waals surface area contributed by atoms with Gasteiger partial charge in [-0.15, -0.1) is 27.5 Å². The van der Waals surface area contributed by atoms with Gasteiger partial charge < -0.3 is 10.8 Å². The standard InChI is InChI=1S/C19H15BrN4O4S3.C2HF3O2/c1-29-19-16(10-15(30-19)17(21)22)31(28,14-7-3-5-12(20)9-14)23-18(25)11-4-2-6-13(8-11)24(26)27;3-2(4,5)1(6)7/h2-10H,1H3,(H3,21,22);(H,6,7). The number of thiophene rings is 1. The average molecular weight is 653 g/mol. The SMILES string of the molecule is CSc1sc(C(=N)N)cc1S(=O)(=NC(=O)c1cccc([N+](=O)[O-])c1)c1cccc(Br)c1.O=C(O)C(F)(F)F. The number of nitro benzene ring substituents is 1. The topological polar surface area (TPSA) is 177 Å². The molecule has 1 heterocycles. The van der Waals surface area contributed by atoms with Crippen molar-refractivity contribution in [1.82, 2.24) is 0 Å². The third-order valence-electron chi connectivity index (χ3n) is 4.29. The lowest BCUT2D eigenvalue weighted by Gasteiger charge is -2.11. The molecule has 3 rings (SSSR count). The Balaban J connectivity index is 0.000000638. The number of carboxylic acid groups (broad SMARTS) is 1. The lowest BCUT2D eigenvalue weighted by molar-refractivity contribution is -0.384. The Morgan fingerprint density at radius 3 is 2.32 bits per heavy atom. The number of thioether (sulfide) groups is 1. The molecular weight excluding hydrogens is 637 g/mol. The van der Waals surface area contributed by atoms with Gasteiger partial charge in [-0.05, 0) is 36.6 Å². The van der Waals surface area contributed by atoms with Crippen molar-refractivity contribution >= 4 is 72.2 Å². The minimum Gasteiger partial charge on any atom is -0.475 e. The summed E-state index contributed by atoms with van der Waals surface area (Å²) in [5.74, 6) is -3.80. The van der Waals surface area contributed by atoms with Crippen LogP contribution in [-0.4, -0.2) is 44.4 Å². The van der Waals surface area contributed by atoms with Crippen LogP contribution in [0.2, 0.25) is 0 Å². The second-order valence-corrected chi connectivity index (χ2v) is 12.1. The van der Waals surface area contributed by atoms with Gasteiger partial charge in [0.05, 0.1) is 23.8 Å². The molecule has 1 aromatic heterocycles. The minimum atomic E-state index is -5.08. The third kappa shape index (κ3) is 7.62. The number of halogens is 4. The molecule has 0 saturated heterocycles. The van der Waals surface area contributed by atoms with Crippen LogP contribution in [0.3, 0.4) is 0 Å². The van der Waals surface area contributed by atoms with Gasteiger partial charge in [0.1, 0.15) is 15.6 Å². The van der Waals surface area contributed by atoms with Crippen molar-refractivity contribution in [3.63, 3.8) is 0 Å². The molecule has 3 aromatic rings. The molecule has 1 unspecified atom stereocenters. The quantitative estimate of drug-likeness (QED) is 0.0985. The van der Waals surface area contributed by atoms with Crippen LogP contribution in [0.4, 0.5) is 18.9 Å². The molecule has 0 fully saturated rings. The number of hydrogen-bond donors (Lipinski definition) is 3. The van der Waals surface area contributed by atoms with E-state index < -0.39 is 32.7 Å². The van der Waals surface area contributed by atoms with Crippen molar-refractivity contribution in [1.29, 1.82) is 5.41 Å². The van der Waals surface area contributed by atoms with Gasteiger partial charge in [0.25, 0.3) is 11.6 Å². The first-order chi connectivity index (χ1) is 17.6. The highest BCUT2D eigenvalue weighted by atomic mass is 79.9. The van der Waals surface area contributed by atoms with Gasteiger partial charge in [-0.1, -0.05) is 28.1 Å². The molecule has 0 aliphatic rings. The van der Waals surface area contributed by atoms with Crippen LogP contribution in [0.1, 0.15) is 15.2 Å². The number of rotatable bonds is 6. The molecule has 0 radical (unpaired) electrons. The molecule has 2 aromatic carbocycles. The number of nitrogens with zero attached hydrogens (tertiary/aromatic N) is 2. The molecule has 0 aliphatic heterocycles. The molecule has 17 heteroatoms. The molecule has 1 atom stereocenters. The van der Waals surface area contributed by atoms with E-state index in [1.165, 1.54) is 47.4 Å². The average Bonchev–Trinajstić information content (AvgIpc) is 3.29. The maximum absolute atomic E-state index is 14.3. The number of non-ortho nitro benzene ring substituents is 1. The molecule has 38 heavy (non-hydrogen) atoms. The predicted octanol–water partition coefficient (Wildman–Crippen LogP) is 5.78. The van der Waals surface area contributed by atoms with E-state index in [-0.39, 0.29) is 26.9 Å². The number of carbonyl (C=O) groups excluding carboxylic acids is 1. The van der Waals surface area contributed by atoms with E-state index in [1.54, 1.807) is 30.5 Å². The molecule has 4 N–H and O–H groups in total.